The van der Waals surface area contributed by atoms with Crippen molar-refractivity contribution >= 4 is 35.2 Å². The van der Waals surface area contributed by atoms with Crippen LogP contribution in [0.4, 0.5) is 0 Å². The van der Waals surface area contributed by atoms with Crippen LogP contribution in [0.25, 0.3) is 44.5 Å². The van der Waals surface area contributed by atoms with Gasteiger partial charge in [0.1, 0.15) is 5.58 Å². The molecule has 3 heterocycles. The van der Waals surface area contributed by atoms with Gasteiger partial charge in [0.25, 0.3) is 0 Å². The summed E-state index contributed by atoms with van der Waals surface area (Å²) in [6.07, 6.45) is 3.80. The second-order valence-corrected chi connectivity index (χ2v) is 17.3. The maximum Gasteiger partial charge on any atom is 0.120 e. The molecule has 0 saturated carbocycles. The first kappa shape index (κ1) is 30.6. The van der Waals surface area contributed by atoms with Crippen LogP contribution in [-0.2, 0) is 25.5 Å². The van der Waals surface area contributed by atoms with Gasteiger partial charge in [0, 0.05) is 46.0 Å². The van der Waals surface area contributed by atoms with Gasteiger partial charge < -0.3 is 14.4 Å². The largest absolute Gasteiger partial charge is 0.501 e. The number of nitrogens with zero attached hydrogens (tertiary/aromatic N) is 2. The molecule has 0 aliphatic rings. The molecular weight excluding hydrogens is 697 g/mol. The zero-order valence-electron chi connectivity index (χ0n) is 24.8. The van der Waals surface area contributed by atoms with Crippen LogP contribution in [0, 0.1) is 19.1 Å². The first-order chi connectivity index (χ1) is 19.0. The first-order valence-electron chi connectivity index (χ1n) is 13.8. The number of hydrogen-bond donors (Lipinski definition) is 0. The van der Waals surface area contributed by atoms with E-state index in [0.717, 1.165) is 33.7 Å². The predicted octanol–water partition coefficient (Wildman–Crippen LogP) is 9.15. The van der Waals surface area contributed by atoms with Crippen LogP contribution in [0.1, 0.15) is 31.9 Å². The number of rotatable bonds is 3. The summed E-state index contributed by atoms with van der Waals surface area (Å²) >= 11 is 0. The van der Waals surface area contributed by atoms with Gasteiger partial charge in [-0.25, -0.2) is 0 Å². The van der Waals surface area contributed by atoms with Crippen molar-refractivity contribution in [2.75, 3.05) is 0 Å². The van der Waals surface area contributed by atoms with Crippen LogP contribution in [0.3, 0.4) is 0 Å². The summed E-state index contributed by atoms with van der Waals surface area (Å²) in [5, 5.41) is 3.81. The Labute approximate surface area is 258 Å². The van der Waals surface area contributed by atoms with Crippen molar-refractivity contribution in [1.82, 2.24) is 9.97 Å². The van der Waals surface area contributed by atoms with Gasteiger partial charge in [0.05, 0.1) is 5.58 Å². The van der Waals surface area contributed by atoms with E-state index in [2.05, 4.69) is 101 Å². The second-order valence-electron chi connectivity index (χ2n) is 12.3. The van der Waals surface area contributed by atoms with Crippen LogP contribution in [0.5, 0.6) is 0 Å². The van der Waals surface area contributed by atoms with Crippen molar-refractivity contribution in [1.29, 1.82) is 0 Å². The Hall–Kier alpha value is -3.37. The van der Waals surface area contributed by atoms with E-state index in [1.165, 1.54) is 27.1 Å². The molecule has 211 valence electrons. The summed E-state index contributed by atoms with van der Waals surface area (Å²) in [6.45, 7) is 15.8. The number of pyridine rings is 2. The number of aromatic nitrogens is 2. The fourth-order valence-electron chi connectivity index (χ4n) is 4.77. The molecule has 0 spiro atoms. The number of aryl methyl sites for hydroxylation is 1. The molecule has 0 amide bonds. The van der Waals surface area contributed by atoms with E-state index >= 15 is 0 Å². The first-order valence-corrected chi connectivity index (χ1v) is 17.3. The summed E-state index contributed by atoms with van der Waals surface area (Å²) in [4.78, 5) is 9.03. The Morgan fingerprint density at radius 2 is 1.59 bits per heavy atom. The topological polar surface area (TPSA) is 38.9 Å². The molecule has 0 N–H and O–H groups in total. The molecule has 3 aromatic carbocycles. The van der Waals surface area contributed by atoms with Crippen LogP contribution < -0.4 is 5.19 Å². The summed E-state index contributed by atoms with van der Waals surface area (Å²) in [7, 11) is -1.55. The Kier molecular flexibility index (Phi) is 9.13. The van der Waals surface area contributed by atoms with E-state index in [-0.39, 0.29) is 25.5 Å². The van der Waals surface area contributed by atoms with E-state index in [0.29, 0.717) is 0 Å². The zero-order valence-corrected chi connectivity index (χ0v) is 28.2. The standard InChI is InChI=1S/C24H26NOSi.C12H10N.Ir/c1-24(2,3)16-11-13-19(25-15-16)17-12-14-21(27(4,5)6)22-18-9-7-8-10-20(18)26-23(17)22;1-10-7-8-13-12(9-10)11-5-3-2-4-6-11;/h7-11,13-15H,1-6H3;2-5,7-9H,1H3;/q2*-1;. The number of benzene rings is 3. The van der Waals surface area contributed by atoms with Crippen molar-refractivity contribution in [2.24, 2.45) is 0 Å². The van der Waals surface area contributed by atoms with Crippen molar-refractivity contribution in [2.45, 2.75) is 52.8 Å². The molecule has 0 saturated heterocycles. The quantitative estimate of drug-likeness (QED) is 0.135. The molecule has 3 nitrogen and oxygen atoms in total. The van der Waals surface area contributed by atoms with E-state index in [1.807, 2.05) is 54.9 Å². The normalized spacial score (nSPS) is 11.6. The van der Waals surface area contributed by atoms with Crippen LogP contribution in [0.2, 0.25) is 19.6 Å². The van der Waals surface area contributed by atoms with Gasteiger partial charge in [-0.1, -0.05) is 93.3 Å². The number of hydrogen-bond acceptors (Lipinski definition) is 3. The average molecular weight is 733 g/mol. The summed E-state index contributed by atoms with van der Waals surface area (Å²) < 4.78 is 6.32. The number of fused-ring (bicyclic) bond motifs is 3. The Bertz CT molecular complexity index is 1760. The molecular formula is C36H36IrN2OSi-2. The maximum absolute atomic E-state index is 6.32. The second kappa shape index (κ2) is 12.2. The smallest absolute Gasteiger partial charge is 0.120 e. The number of para-hydroxylation sites is 1. The Balaban J connectivity index is 0.000000233. The van der Waals surface area contributed by atoms with Crippen molar-refractivity contribution in [3.63, 3.8) is 0 Å². The zero-order chi connectivity index (χ0) is 28.5. The minimum absolute atomic E-state index is 0. The van der Waals surface area contributed by atoms with Crippen LogP contribution >= 0.6 is 0 Å². The third kappa shape index (κ3) is 6.76. The van der Waals surface area contributed by atoms with Crippen molar-refractivity contribution < 1.29 is 24.5 Å². The molecule has 1 radical (unpaired) electrons. The van der Waals surface area contributed by atoms with Gasteiger partial charge in [-0.2, -0.15) is 0 Å². The van der Waals surface area contributed by atoms with Gasteiger partial charge in [-0.15, -0.1) is 53.2 Å². The molecule has 3 aromatic heterocycles. The molecule has 0 aliphatic heterocycles. The fourth-order valence-corrected chi connectivity index (χ4v) is 6.28. The fraction of sp³-hybridized carbons (Fsp3) is 0.222. The Morgan fingerprint density at radius 1 is 0.829 bits per heavy atom. The van der Waals surface area contributed by atoms with E-state index in [9.17, 15) is 0 Å². The van der Waals surface area contributed by atoms with E-state index in [4.69, 9.17) is 9.40 Å². The minimum Gasteiger partial charge on any atom is -0.501 e. The summed E-state index contributed by atoms with van der Waals surface area (Å²) in [6, 6.07) is 33.3. The molecule has 0 fully saturated rings. The number of furan rings is 1. The SMILES string of the molecule is CC(C)(C)c1ccc(-c2[c-]cc([Si](C)(C)C)c3c2oc2ccccc23)nc1.Cc1ccnc(-c2[c-]cccc2)c1.[Ir]. The van der Waals surface area contributed by atoms with Gasteiger partial charge in [0.2, 0.25) is 0 Å². The van der Waals surface area contributed by atoms with Crippen LogP contribution in [0.15, 0.2) is 95.7 Å². The maximum atomic E-state index is 6.32. The Morgan fingerprint density at radius 3 is 2.22 bits per heavy atom. The van der Waals surface area contributed by atoms with Gasteiger partial charge in [-0.3, -0.25) is 0 Å². The van der Waals surface area contributed by atoms with Crippen molar-refractivity contribution in [3.05, 3.63) is 115 Å². The van der Waals surface area contributed by atoms with Crippen molar-refractivity contribution in [3.8, 4) is 22.5 Å². The molecule has 6 rings (SSSR count). The minimum atomic E-state index is -1.55. The molecule has 6 aromatic rings. The third-order valence-electron chi connectivity index (χ3n) is 7.05. The molecule has 5 heteroatoms. The molecule has 0 atom stereocenters. The molecule has 0 bridgehead atoms. The summed E-state index contributed by atoms with van der Waals surface area (Å²) in [5.74, 6) is 0. The van der Waals surface area contributed by atoms with E-state index in [1.54, 1.807) is 0 Å². The monoisotopic (exact) mass is 733 g/mol. The van der Waals surface area contributed by atoms with Crippen LogP contribution in [-0.4, -0.2) is 18.0 Å². The molecule has 0 unspecified atom stereocenters. The average Bonchev–Trinajstić information content (AvgIpc) is 3.32. The van der Waals surface area contributed by atoms with Gasteiger partial charge in [0.15, 0.2) is 0 Å². The van der Waals surface area contributed by atoms with Gasteiger partial charge >= 0.3 is 0 Å². The predicted molar refractivity (Wildman–Crippen MR) is 171 cm³/mol. The van der Waals surface area contributed by atoms with Gasteiger partial charge in [-0.05, 0) is 41.4 Å². The van der Waals surface area contributed by atoms with E-state index < -0.39 is 8.07 Å². The molecule has 41 heavy (non-hydrogen) atoms. The third-order valence-corrected chi connectivity index (χ3v) is 9.06. The summed E-state index contributed by atoms with van der Waals surface area (Å²) in [5.41, 5.74) is 8.27. The molecule has 0 aliphatic carbocycles.